The van der Waals surface area contributed by atoms with Crippen LogP contribution in [-0.4, -0.2) is 25.2 Å². The third-order valence-corrected chi connectivity index (χ3v) is 2.63. The molecule has 0 saturated heterocycles. The Labute approximate surface area is 125 Å². The predicted octanol–water partition coefficient (Wildman–Crippen LogP) is 3.22. The van der Waals surface area contributed by atoms with Crippen LogP contribution in [0, 0.1) is 0 Å². The minimum atomic E-state index is -4.42. The summed E-state index contributed by atoms with van der Waals surface area (Å²) in [4.78, 5) is 21.6. The Bertz CT molecular complexity index is 559. The molecule has 0 aromatic heterocycles. The molecule has 0 aliphatic rings. The highest BCUT2D eigenvalue weighted by atomic mass is 19.4. The molecule has 7 heteroatoms. The van der Waals surface area contributed by atoms with Gasteiger partial charge in [-0.15, -0.1) is 0 Å². The fraction of sp³-hybridized carbons (Fsp3) is 0.333. The molecule has 4 nitrogen and oxygen atoms in total. The van der Waals surface area contributed by atoms with E-state index in [2.05, 4.69) is 0 Å². The molecule has 0 fully saturated rings. The summed E-state index contributed by atoms with van der Waals surface area (Å²) in [5, 5.41) is 0. The summed E-state index contributed by atoms with van der Waals surface area (Å²) in [6.45, 7) is 2.27. The van der Waals surface area contributed by atoms with Crippen LogP contribution in [0.25, 0.3) is 5.57 Å². The Balaban J connectivity index is 2.94. The Hall–Kier alpha value is -2.31. The third-order valence-electron chi connectivity index (χ3n) is 2.63. The van der Waals surface area contributed by atoms with Crippen LogP contribution in [0.15, 0.2) is 30.3 Å². The molecule has 0 N–H and O–H groups in total. The topological polar surface area (TPSA) is 52.6 Å². The maximum absolute atomic E-state index is 12.5. The van der Waals surface area contributed by atoms with E-state index in [0.717, 1.165) is 12.1 Å². The van der Waals surface area contributed by atoms with Crippen molar-refractivity contribution in [2.24, 2.45) is 0 Å². The summed E-state index contributed by atoms with van der Waals surface area (Å²) < 4.78 is 47.2. The highest BCUT2D eigenvalue weighted by molar-refractivity contribution is 5.72. The predicted molar refractivity (Wildman–Crippen MR) is 72.7 cm³/mol. The van der Waals surface area contributed by atoms with Gasteiger partial charge in [0, 0.05) is 13.8 Å². The first-order valence-electron chi connectivity index (χ1n) is 6.33. The van der Waals surface area contributed by atoms with Gasteiger partial charge in [-0.2, -0.15) is 13.2 Å². The number of halogens is 3. The standard InChI is InChI=1S/C15H15F3O4/c1-10(19)21-8-7-13(9-22-11(2)20)12-3-5-14(6-4-12)15(16,17)18/h3-7H,8-9H2,1-2H3/b13-7+. The van der Waals surface area contributed by atoms with Crippen molar-refractivity contribution in [1.29, 1.82) is 0 Å². The van der Waals surface area contributed by atoms with E-state index in [-0.39, 0.29) is 13.2 Å². The van der Waals surface area contributed by atoms with E-state index in [1.54, 1.807) is 0 Å². The summed E-state index contributed by atoms with van der Waals surface area (Å²) in [6.07, 6.45) is -2.94. The highest BCUT2D eigenvalue weighted by Gasteiger charge is 2.30. The molecule has 0 unspecified atom stereocenters. The zero-order chi connectivity index (χ0) is 16.8. The van der Waals surface area contributed by atoms with Crippen molar-refractivity contribution in [1.82, 2.24) is 0 Å². The lowest BCUT2D eigenvalue weighted by atomic mass is 10.0. The van der Waals surface area contributed by atoms with E-state index < -0.39 is 23.7 Å². The molecule has 0 amide bonds. The third kappa shape index (κ3) is 5.99. The van der Waals surface area contributed by atoms with Gasteiger partial charge < -0.3 is 9.47 Å². The molecule has 22 heavy (non-hydrogen) atoms. The molecular formula is C15H15F3O4. The molecule has 0 heterocycles. The zero-order valence-electron chi connectivity index (χ0n) is 12.1. The number of hydrogen-bond donors (Lipinski definition) is 0. The van der Waals surface area contributed by atoms with Crippen molar-refractivity contribution >= 4 is 17.5 Å². The van der Waals surface area contributed by atoms with Gasteiger partial charge in [0.05, 0.1) is 5.56 Å². The van der Waals surface area contributed by atoms with Gasteiger partial charge in [-0.1, -0.05) is 12.1 Å². The number of alkyl halides is 3. The van der Waals surface area contributed by atoms with Crippen LogP contribution in [0.3, 0.4) is 0 Å². The normalized spacial score (nSPS) is 12.0. The molecule has 0 saturated carbocycles. The van der Waals surface area contributed by atoms with Crippen molar-refractivity contribution in [2.45, 2.75) is 20.0 Å². The zero-order valence-corrected chi connectivity index (χ0v) is 12.1. The summed E-state index contributed by atoms with van der Waals surface area (Å²) in [7, 11) is 0. The van der Waals surface area contributed by atoms with Crippen molar-refractivity contribution in [3.05, 3.63) is 41.5 Å². The maximum atomic E-state index is 12.5. The molecule has 0 bridgehead atoms. The molecule has 0 aliphatic heterocycles. The average Bonchev–Trinajstić information content (AvgIpc) is 2.41. The van der Waals surface area contributed by atoms with Crippen LogP contribution in [0.1, 0.15) is 25.0 Å². The SMILES string of the molecule is CC(=O)OC/C=C(\COC(C)=O)c1ccc(C(F)(F)F)cc1. The van der Waals surface area contributed by atoms with Gasteiger partial charge in [0.25, 0.3) is 0 Å². The lowest BCUT2D eigenvalue weighted by molar-refractivity contribution is -0.140. The minimum Gasteiger partial charge on any atom is -0.462 e. The van der Waals surface area contributed by atoms with Crippen molar-refractivity contribution in [2.75, 3.05) is 13.2 Å². The van der Waals surface area contributed by atoms with Crippen LogP contribution < -0.4 is 0 Å². The first-order valence-corrected chi connectivity index (χ1v) is 6.33. The highest BCUT2D eigenvalue weighted by Crippen LogP contribution is 2.30. The van der Waals surface area contributed by atoms with Gasteiger partial charge in [-0.3, -0.25) is 9.59 Å². The van der Waals surface area contributed by atoms with E-state index in [1.165, 1.54) is 32.1 Å². The van der Waals surface area contributed by atoms with Crippen LogP contribution >= 0.6 is 0 Å². The summed E-state index contributed by atoms with van der Waals surface area (Å²) in [5.74, 6) is -1.01. The maximum Gasteiger partial charge on any atom is 0.416 e. The number of rotatable bonds is 5. The number of hydrogen-bond acceptors (Lipinski definition) is 4. The van der Waals surface area contributed by atoms with Crippen molar-refractivity contribution in [3.8, 4) is 0 Å². The lowest BCUT2D eigenvalue weighted by Crippen LogP contribution is -2.07. The fourth-order valence-corrected chi connectivity index (χ4v) is 1.57. The van der Waals surface area contributed by atoms with E-state index in [1.807, 2.05) is 0 Å². The van der Waals surface area contributed by atoms with Crippen molar-refractivity contribution < 1.29 is 32.2 Å². The fourth-order valence-electron chi connectivity index (χ4n) is 1.57. The molecule has 0 aliphatic carbocycles. The van der Waals surface area contributed by atoms with Crippen LogP contribution in [0.4, 0.5) is 13.2 Å². The monoisotopic (exact) mass is 316 g/mol. The Morgan fingerprint density at radius 3 is 2.05 bits per heavy atom. The summed E-state index contributed by atoms with van der Waals surface area (Å²) in [5.41, 5.74) is 0.120. The number of carbonyl (C=O) groups is 2. The van der Waals surface area contributed by atoms with E-state index in [9.17, 15) is 22.8 Å². The molecule has 0 radical (unpaired) electrons. The van der Waals surface area contributed by atoms with E-state index in [0.29, 0.717) is 11.1 Å². The van der Waals surface area contributed by atoms with Crippen LogP contribution in [-0.2, 0) is 25.2 Å². The van der Waals surface area contributed by atoms with E-state index >= 15 is 0 Å². The van der Waals surface area contributed by atoms with Crippen LogP contribution in [0.2, 0.25) is 0 Å². The Morgan fingerprint density at radius 1 is 1.05 bits per heavy atom. The van der Waals surface area contributed by atoms with E-state index in [4.69, 9.17) is 9.47 Å². The Kier molecular flexibility index (Phi) is 6.15. The first-order chi connectivity index (χ1) is 10.2. The molecule has 0 spiro atoms. The van der Waals surface area contributed by atoms with Gasteiger partial charge in [0.15, 0.2) is 0 Å². The quantitative estimate of drug-likeness (QED) is 0.783. The van der Waals surface area contributed by atoms with Gasteiger partial charge in [0.2, 0.25) is 0 Å². The molecule has 1 aromatic carbocycles. The number of carbonyl (C=O) groups excluding carboxylic acids is 2. The van der Waals surface area contributed by atoms with Gasteiger partial charge in [-0.05, 0) is 29.3 Å². The second-order valence-electron chi connectivity index (χ2n) is 4.39. The molecule has 1 rings (SSSR count). The van der Waals surface area contributed by atoms with Crippen molar-refractivity contribution in [3.63, 3.8) is 0 Å². The summed E-state index contributed by atoms with van der Waals surface area (Å²) in [6, 6.07) is 4.41. The average molecular weight is 316 g/mol. The minimum absolute atomic E-state index is 0.0625. The first kappa shape index (κ1) is 17.7. The van der Waals surface area contributed by atoms with Gasteiger partial charge in [0.1, 0.15) is 13.2 Å². The lowest BCUT2D eigenvalue weighted by Gasteiger charge is -2.11. The summed E-state index contributed by atoms with van der Waals surface area (Å²) >= 11 is 0. The molecule has 120 valence electrons. The molecule has 1 aromatic rings. The second-order valence-corrected chi connectivity index (χ2v) is 4.39. The molecule has 0 atom stereocenters. The number of ether oxygens (including phenoxy) is 2. The number of esters is 2. The molecular weight excluding hydrogens is 301 g/mol. The largest absolute Gasteiger partial charge is 0.462 e. The smallest absolute Gasteiger partial charge is 0.416 e. The van der Waals surface area contributed by atoms with Gasteiger partial charge in [-0.25, -0.2) is 0 Å². The Morgan fingerprint density at radius 2 is 1.59 bits per heavy atom. The van der Waals surface area contributed by atoms with Crippen LogP contribution in [0.5, 0.6) is 0 Å². The van der Waals surface area contributed by atoms with Gasteiger partial charge >= 0.3 is 18.1 Å². The second kappa shape index (κ2) is 7.63. The number of benzene rings is 1.